The Morgan fingerprint density at radius 1 is 1.14 bits per heavy atom. The van der Waals surface area contributed by atoms with Gasteiger partial charge in [-0.15, -0.1) is 0 Å². The molecule has 0 saturated carbocycles. The zero-order valence-electron chi connectivity index (χ0n) is 8.88. The van der Waals surface area contributed by atoms with Gasteiger partial charge in [-0.25, -0.2) is 9.97 Å². The van der Waals surface area contributed by atoms with Gasteiger partial charge in [0.05, 0.1) is 0 Å². The molecule has 0 aromatic carbocycles. The number of nitrogen functional groups attached to an aromatic ring is 1. The van der Waals surface area contributed by atoms with Gasteiger partial charge in [-0.1, -0.05) is 13.8 Å². The van der Waals surface area contributed by atoms with E-state index in [1.807, 2.05) is 0 Å². The van der Waals surface area contributed by atoms with Gasteiger partial charge in [-0.3, -0.25) is 0 Å². The van der Waals surface area contributed by atoms with Crippen LogP contribution in [0.1, 0.15) is 49.7 Å². The Bertz CT molecular complexity index is 345. The number of rotatable bonds is 1. The van der Waals surface area contributed by atoms with Crippen molar-refractivity contribution in [2.45, 2.75) is 45.4 Å². The van der Waals surface area contributed by atoms with Crippen molar-refractivity contribution in [2.75, 3.05) is 5.73 Å². The molecule has 0 spiro atoms. The van der Waals surface area contributed by atoms with Crippen molar-refractivity contribution >= 4 is 5.82 Å². The molecule has 0 bridgehead atoms. The summed E-state index contributed by atoms with van der Waals surface area (Å²) in [6, 6.07) is 0. The minimum Gasteiger partial charge on any atom is -0.383 e. The van der Waals surface area contributed by atoms with Gasteiger partial charge in [0.15, 0.2) is 0 Å². The highest BCUT2D eigenvalue weighted by molar-refractivity contribution is 5.43. The van der Waals surface area contributed by atoms with Gasteiger partial charge in [0.25, 0.3) is 0 Å². The molecule has 3 nitrogen and oxygen atoms in total. The molecule has 14 heavy (non-hydrogen) atoms. The summed E-state index contributed by atoms with van der Waals surface area (Å²) in [5.74, 6) is 1.96. The normalized spacial score (nSPS) is 15.6. The van der Waals surface area contributed by atoms with Crippen molar-refractivity contribution in [1.82, 2.24) is 9.97 Å². The third kappa shape index (κ3) is 1.59. The van der Waals surface area contributed by atoms with E-state index in [0.717, 1.165) is 18.7 Å². The van der Waals surface area contributed by atoms with Crippen LogP contribution in [0.3, 0.4) is 0 Å². The minimum absolute atomic E-state index is 0.365. The van der Waals surface area contributed by atoms with Crippen LogP contribution in [0.4, 0.5) is 5.82 Å². The number of nitrogens with two attached hydrogens (primary N) is 1. The fourth-order valence-corrected chi connectivity index (χ4v) is 1.90. The van der Waals surface area contributed by atoms with Gasteiger partial charge in [0.1, 0.15) is 11.6 Å². The number of aryl methyl sites for hydroxylation is 1. The number of anilines is 1. The van der Waals surface area contributed by atoms with E-state index in [9.17, 15) is 0 Å². The molecule has 0 saturated heterocycles. The predicted octanol–water partition coefficient (Wildman–Crippen LogP) is 2.06. The van der Waals surface area contributed by atoms with Crippen LogP contribution in [0, 0.1) is 0 Å². The van der Waals surface area contributed by atoms with Crippen molar-refractivity contribution in [3.05, 3.63) is 17.1 Å². The van der Waals surface area contributed by atoms with Gasteiger partial charge in [-0.2, -0.15) is 0 Å². The van der Waals surface area contributed by atoms with Gasteiger partial charge >= 0.3 is 0 Å². The van der Waals surface area contributed by atoms with Crippen LogP contribution in [-0.2, 0) is 12.8 Å². The molecule has 1 aliphatic carbocycles. The summed E-state index contributed by atoms with van der Waals surface area (Å²) in [6.07, 6.45) is 4.59. The van der Waals surface area contributed by atoms with Gasteiger partial charge in [0, 0.05) is 17.2 Å². The molecule has 0 atom stereocenters. The fourth-order valence-electron chi connectivity index (χ4n) is 1.90. The molecule has 3 heteroatoms. The predicted molar refractivity (Wildman–Crippen MR) is 57.2 cm³/mol. The Labute approximate surface area is 84.8 Å². The molecule has 1 aromatic heterocycles. The Kier molecular flexibility index (Phi) is 2.40. The molecule has 2 rings (SSSR count). The summed E-state index contributed by atoms with van der Waals surface area (Å²) in [4.78, 5) is 8.94. The zero-order valence-corrected chi connectivity index (χ0v) is 8.88. The molecule has 2 N–H and O–H groups in total. The lowest BCUT2D eigenvalue weighted by Crippen LogP contribution is -2.13. The largest absolute Gasteiger partial charge is 0.383 e. The first-order chi connectivity index (χ1) is 6.68. The number of hydrogen-bond acceptors (Lipinski definition) is 3. The summed E-state index contributed by atoms with van der Waals surface area (Å²) in [6.45, 7) is 4.20. The maximum absolute atomic E-state index is 5.93. The van der Waals surface area contributed by atoms with E-state index in [-0.39, 0.29) is 0 Å². The van der Waals surface area contributed by atoms with E-state index in [1.54, 1.807) is 0 Å². The summed E-state index contributed by atoms with van der Waals surface area (Å²) in [5.41, 5.74) is 8.31. The quantitative estimate of drug-likeness (QED) is 0.739. The molecule has 0 fully saturated rings. The number of nitrogens with zero attached hydrogens (tertiary/aromatic N) is 2. The molecular weight excluding hydrogens is 174 g/mol. The van der Waals surface area contributed by atoms with Crippen LogP contribution in [0.25, 0.3) is 0 Å². The molecule has 0 unspecified atom stereocenters. The minimum atomic E-state index is 0.365. The van der Waals surface area contributed by atoms with Crippen LogP contribution in [0.2, 0.25) is 0 Å². The lowest BCUT2D eigenvalue weighted by Gasteiger charge is -2.17. The first-order valence-corrected chi connectivity index (χ1v) is 5.33. The van der Waals surface area contributed by atoms with Gasteiger partial charge in [-0.05, 0) is 25.7 Å². The van der Waals surface area contributed by atoms with Crippen LogP contribution >= 0.6 is 0 Å². The highest BCUT2D eigenvalue weighted by Crippen LogP contribution is 2.25. The third-order valence-corrected chi connectivity index (χ3v) is 2.75. The molecule has 0 radical (unpaired) electrons. The van der Waals surface area contributed by atoms with Crippen molar-refractivity contribution in [1.29, 1.82) is 0 Å². The van der Waals surface area contributed by atoms with Crippen molar-refractivity contribution in [3.8, 4) is 0 Å². The van der Waals surface area contributed by atoms with E-state index >= 15 is 0 Å². The molecule has 1 aromatic rings. The first kappa shape index (κ1) is 9.44. The second-order valence-electron chi connectivity index (χ2n) is 4.25. The Hall–Kier alpha value is -1.12. The smallest absolute Gasteiger partial charge is 0.133 e. The summed E-state index contributed by atoms with van der Waals surface area (Å²) < 4.78 is 0. The van der Waals surface area contributed by atoms with Crippen LogP contribution in [0.15, 0.2) is 0 Å². The molecule has 76 valence electrons. The Morgan fingerprint density at radius 3 is 2.57 bits per heavy atom. The summed E-state index contributed by atoms with van der Waals surface area (Å²) in [7, 11) is 0. The van der Waals surface area contributed by atoms with Gasteiger partial charge < -0.3 is 5.73 Å². The number of aromatic nitrogens is 2. The van der Waals surface area contributed by atoms with E-state index in [1.165, 1.54) is 24.1 Å². The van der Waals surface area contributed by atoms with Crippen molar-refractivity contribution in [3.63, 3.8) is 0 Å². The van der Waals surface area contributed by atoms with E-state index < -0.39 is 0 Å². The SMILES string of the molecule is CC(C)c1nc(N)c2c(n1)CCCC2. The maximum Gasteiger partial charge on any atom is 0.133 e. The van der Waals surface area contributed by atoms with Crippen LogP contribution < -0.4 is 5.73 Å². The summed E-state index contributed by atoms with van der Waals surface area (Å²) >= 11 is 0. The number of fused-ring (bicyclic) bond motifs is 1. The average Bonchev–Trinajstić information content (AvgIpc) is 2.17. The van der Waals surface area contributed by atoms with E-state index in [0.29, 0.717) is 11.7 Å². The second-order valence-corrected chi connectivity index (χ2v) is 4.25. The van der Waals surface area contributed by atoms with Crippen molar-refractivity contribution in [2.24, 2.45) is 0 Å². The zero-order chi connectivity index (χ0) is 10.1. The lowest BCUT2D eigenvalue weighted by molar-refractivity contribution is 0.647. The Morgan fingerprint density at radius 2 is 1.86 bits per heavy atom. The molecule has 1 heterocycles. The molecule has 0 aliphatic heterocycles. The average molecular weight is 191 g/mol. The van der Waals surface area contributed by atoms with Crippen LogP contribution in [-0.4, -0.2) is 9.97 Å². The highest BCUT2D eigenvalue weighted by atomic mass is 15.0. The standard InChI is InChI=1S/C11H17N3/c1-7(2)11-13-9-6-4-3-5-8(9)10(12)14-11/h7H,3-6H2,1-2H3,(H2,12,13,14). The molecular formula is C11H17N3. The number of hydrogen-bond donors (Lipinski definition) is 1. The summed E-state index contributed by atoms with van der Waals surface area (Å²) in [5, 5.41) is 0. The lowest BCUT2D eigenvalue weighted by atomic mass is 9.96. The topological polar surface area (TPSA) is 51.8 Å². The Balaban J connectivity index is 2.46. The van der Waals surface area contributed by atoms with E-state index in [2.05, 4.69) is 23.8 Å². The van der Waals surface area contributed by atoms with Gasteiger partial charge in [0.2, 0.25) is 0 Å². The monoisotopic (exact) mass is 191 g/mol. The van der Waals surface area contributed by atoms with E-state index in [4.69, 9.17) is 5.73 Å². The van der Waals surface area contributed by atoms with Crippen molar-refractivity contribution < 1.29 is 0 Å². The van der Waals surface area contributed by atoms with Crippen LogP contribution in [0.5, 0.6) is 0 Å². The maximum atomic E-state index is 5.93. The third-order valence-electron chi connectivity index (χ3n) is 2.75. The highest BCUT2D eigenvalue weighted by Gasteiger charge is 2.16. The fraction of sp³-hybridized carbons (Fsp3) is 0.636. The molecule has 0 amide bonds. The second kappa shape index (κ2) is 3.56. The first-order valence-electron chi connectivity index (χ1n) is 5.33. The molecule has 1 aliphatic rings.